The number of β-amino-alcohol motifs (C(OH)–C–C–N with tert-alkyl or cyclic N) is 1. The van der Waals surface area contributed by atoms with Crippen LogP contribution in [0, 0.1) is 6.92 Å². The van der Waals surface area contributed by atoms with Crippen LogP contribution in [0.15, 0.2) is 48.5 Å². The minimum absolute atomic E-state index is 0.315. The van der Waals surface area contributed by atoms with Gasteiger partial charge in [-0.15, -0.1) is 0 Å². The van der Waals surface area contributed by atoms with Crippen molar-refractivity contribution in [1.29, 1.82) is 0 Å². The molecule has 2 amide bonds. The van der Waals surface area contributed by atoms with Gasteiger partial charge < -0.3 is 14.9 Å². The van der Waals surface area contributed by atoms with Crippen molar-refractivity contribution < 1.29 is 9.90 Å². The maximum atomic E-state index is 12.2. The predicted octanol–water partition coefficient (Wildman–Crippen LogP) is 2.64. The van der Waals surface area contributed by atoms with Crippen molar-refractivity contribution in [3.63, 3.8) is 0 Å². The lowest BCUT2D eigenvalue weighted by molar-refractivity contribution is 0.0909. The third kappa shape index (κ3) is 5.60. The Labute approximate surface area is 222 Å². The molecule has 2 aromatic carbocycles. The summed E-state index contributed by atoms with van der Waals surface area (Å²) in [5.41, 5.74) is 8.57. The van der Waals surface area contributed by atoms with Crippen molar-refractivity contribution >= 4 is 23.3 Å². The maximum absolute atomic E-state index is 12.2. The molecule has 9 nitrogen and oxygen atoms in total. The van der Waals surface area contributed by atoms with E-state index < -0.39 is 6.10 Å². The van der Waals surface area contributed by atoms with E-state index in [1.54, 1.807) is 4.90 Å². The van der Waals surface area contributed by atoms with E-state index in [0.29, 0.717) is 37.6 Å². The van der Waals surface area contributed by atoms with Gasteiger partial charge in [0, 0.05) is 73.2 Å². The summed E-state index contributed by atoms with van der Waals surface area (Å²) in [6.45, 7) is 7.78. The summed E-state index contributed by atoms with van der Waals surface area (Å²) in [6.07, 6.45) is 0.0861. The van der Waals surface area contributed by atoms with Crippen LogP contribution in [-0.4, -0.2) is 76.1 Å². The molecule has 196 valence electrons. The molecule has 1 fully saturated rings. The molecule has 1 atom stereocenters. The number of fused-ring (bicyclic) bond motifs is 1. The molecule has 3 heterocycles. The molecule has 2 aliphatic rings. The van der Waals surface area contributed by atoms with Crippen LogP contribution in [0.5, 0.6) is 0 Å². The smallest absolute Gasteiger partial charge is 0.331 e. The topological polar surface area (TPSA) is 103 Å². The highest BCUT2D eigenvalue weighted by molar-refractivity contribution is 6.30. The number of nitrogens with one attached hydrogen (secondary N) is 1. The molecule has 0 aliphatic carbocycles. The van der Waals surface area contributed by atoms with E-state index in [1.807, 2.05) is 28.9 Å². The Hall–Kier alpha value is -3.11. The standard InChI is InChI=1S/C27H34ClN7O2/c1-19-4-2-3-5-24(19)33-14-12-32(13-15-33)16-22(36)17-35-25-10-11-34(27(37)30-29)18-23(25)26(31-35)20-6-8-21(28)9-7-20/h2-9,22,36H,10-18,29H2,1H3,(H,30,37). The number of piperazine rings is 1. The molecule has 2 aliphatic heterocycles. The minimum atomic E-state index is -0.558. The lowest BCUT2D eigenvalue weighted by atomic mass is 10.0. The number of anilines is 1. The van der Waals surface area contributed by atoms with E-state index in [1.165, 1.54) is 11.3 Å². The van der Waals surface area contributed by atoms with Crippen molar-refractivity contribution in [1.82, 2.24) is 25.0 Å². The molecule has 1 unspecified atom stereocenters. The number of carbonyl (C=O) groups excluding carboxylic acids is 1. The second kappa shape index (κ2) is 11.1. The Morgan fingerprint density at radius 2 is 1.81 bits per heavy atom. The van der Waals surface area contributed by atoms with Crippen LogP contribution in [-0.2, 0) is 19.5 Å². The number of aliphatic hydroxyl groups excluding tert-OH is 1. The van der Waals surface area contributed by atoms with E-state index in [0.717, 1.165) is 48.7 Å². The molecule has 1 saturated heterocycles. The van der Waals surface area contributed by atoms with E-state index in [9.17, 15) is 9.90 Å². The summed E-state index contributed by atoms with van der Waals surface area (Å²) < 4.78 is 1.92. The monoisotopic (exact) mass is 523 g/mol. The fourth-order valence-corrected chi connectivity index (χ4v) is 5.52. The highest BCUT2D eigenvalue weighted by Gasteiger charge is 2.29. The average molecular weight is 524 g/mol. The molecule has 0 radical (unpaired) electrons. The first kappa shape index (κ1) is 25.5. The zero-order chi connectivity index (χ0) is 25.9. The average Bonchev–Trinajstić information content (AvgIpc) is 3.26. The summed E-state index contributed by atoms with van der Waals surface area (Å²) >= 11 is 6.10. The van der Waals surface area contributed by atoms with Crippen molar-refractivity contribution in [3.05, 3.63) is 70.4 Å². The van der Waals surface area contributed by atoms with Gasteiger partial charge in [-0.3, -0.25) is 15.0 Å². The van der Waals surface area contributed by atoms with Crippen molar-refractivity contribution in [2.45, 2.75) is 32.5 Å². The van der Waals surface area contributed by atoms with Gasteiger partial charge in [0.25, 0.3) is 0 Å². The number of hydrazine groups is 1. The van der Waals surface area contributed by atoms with Crippen LogP contribution in [0.1, 0.15) is 16.8 Å². The highest BCUT2D eigenvalue weighted by Crippen LogP contribution is 2.31. The largest absolute Gasteiger partial charge is 0.390 e. The first-order chi connectivity index (χ1) is 17.9. The lowest BCUT2D eigenvalue weighted by Crippen LogP contribution is -2.49. The number of urea groups is 1. The molecule has 37 heavy (non-hydrogen) atoms. The number of para-hydroxylation sites is 1. The Bertz CT molecular complexity index is 1240. The van der Waals surface area contributed by atoms with E-state index >= 15 is 0 Å². The zero-order valence-corrected chi connectivity index (χ0v) is 21.9. The first-order valence-corrected chi connectivity index (χ1v) is 13.1. The zero-order valence-electron chi connectivity index (χ0n) is 21.1. The molecular weight excluding hydrogens is 490 g/mol. The van der Waals surface area contributed by atoms with Gasteiger partial charge in [-0.25, -0.2) is 10.6 Å². The number of nitrogens with zero attached hydrogens (tertiary/aromatic N) is 5. The molecule has 1 aromatic heterocycles. The van der Waals surface area contributed by atoms with E-state index in [2.05, 4.69) is 46.4 Å². The number of amides is 2. The van der Waals surface area contributed by atoms with Crippen LogP contribution >= 0.6 is 11.6 Å². The molecule has 0 spiro atoms. The van der Waals surface area contributed by atoms with Crippen molar-refractivity contribution in [2.75, 3.05) is 44.2 Å². The van der Waals surface area contributed by atoms with Gasteiger partial charge in [0.2, 0.25) is 0 Å². The van der Waals surface area contributed by atoms with Gasteiger partial charge in [-0.05, 0) is 30.7 Å². The van der Waals surface area contributed by atoms with Crippen LogP contribution < -0.4 is 16.2 Å². The molecule has 5 rings (SSSR count). The van der Waals surface area contributed by atoms with Gasteiger partial charge in [0.1, 0.15) is 0 Å². The molecule has 4 N–H and O–H groups in total. The van der Waals surface area contributed by atoms with Gasteiger partial charge in [-0.2, -0.15) is 5.10 Å². The van der Waals surface area contributed by atoms with Gasteiger partial charge in [0.05, 0.1) is 24.9 Å². The Balaban J connectivity index is 1.28. The van der Waals surface area contributed by atoms with E-state index in [4.69, 9.17) is 22.5 Å². The van der Waals surface area contributed by atoms with Gasteiger partial charge in [0.15, 0.2) is 0 Å². The molecule has 10 heteroatoms. The third-order valence-corrected chi connectivity index (χ3v) is 7.60. The number of halogens is 1. The Kier molecular flexibility index (Phi) is 7.66. The van der Waals surface area contributed by atoms with Crippen LogP contribution in [0.3, 0.4) is 0 Å². The fourth-order valence-electron chi connectivity index (χ4n) is 5.39. The number of benzene rings is 2. The van der Waals surface area contributed by atoms with Crippen molar-refractivity contribution in [2.24, 2.45) is 5.84 Å². The second-order valence-electron chi connectivity index (χ2n) is 9.81. The molecule has 3 aromatic rings. The Morgan fingerprint density at radius 1 is 1.08 bits per heavy atom. The summed E-state index contributed by atoms with van der Waals surface area (Å²) in [5, 5.41) is 16.6. The number of hydrogen-bond acceptors (Lipinski definition) is 6. The minimum Gasteiger partial charge on any atom is -0.390 e. The van der Waals surface area contributed by atoms with Crippen LogP contribution in [0.4, 0.5) is 10.5 Å². The van der Waals surface area contributed by atoms with Crippen LogP contribution in [0.25, 0.3) is 11.3 Å². The van der Waals surface area contributed by atoms with Crippen LogP contribution in [0.2, 0.25) is 5.02 Å². The fraction of sp³-hybridized carbons (Fsp3) is 0.407. The maximum Gasteiger partial charge on any atom is 0.331 e. The summed E-state index contributed by atoms with van der Waals surface area (Å²) in [7, 11) is 0. The lowest BCUT2D eigenvalue weighted by Gasteiger charge is -2.37. The number of aliphatic hydroxyl groups is 1. The molecule has 0 saturated carbocycles. The molecular formula is C27H34ClN7O2. The number of aryl methyl sites for hydroxylation is 1. The number of rotatable bonds is 6. The quantitative estimate of drug-likeness (QED) is 0.261. The normalized spacial score (nSPS) is 17.0. The molecule has 0 bridgehead atoms. The van der Waals surface area contributed by atoms with Gasteiger partial charge >= 0.3 is 6.03 Å². The second-order valence-corrected chi connectivity index (χ2v) is 10.2. The first-order valence-electron chi connectivity index (χ1n) is 12.7. The van der Waals surface area contributed by atoms with Gasteiger partial charge in [-0.1, -0.05) is 41.9 Å². The SMILES string of the molecule is Cc1ccccc1N1CCN(CC(O)Cn2nc(-c3ccc(Cl)cc3)c3c2CCN(C(=O)NN)C3)CC1. The third-order valence-electron chi connectivity index (χ3n) is 7.34. The predicted molar refractivity (Wildman–Crippen MR) is 145 cm³/mol. The number of nitrogens with two attached hydrogens (primary N) is 1. The number of hydrogen-bond donors (Lipinski definition) is 3. The summed E-state index contributed by atoms with van der Waals surface area (Å²) in [4.78, 5) is 18.6. The number of aromatic nitrogens is 2. The van der Waals surface area contributed by atoms with Crippen molar-refractivity contribution in [3.8, 4) is 11.3 Å². The Morgan fingerprint density at radius 3 is 2.51 bits per heavy atom. The number of carbonyl (C=O) groups is 1. The summed E-state index contributed by atoms with van der Waals surface area (Å²) in [6, 6.07) is 15.7. The highest BCUT2D eigenvalue weighted by atomic mass is 35.5. The van der Waals surface area contributed by atoms with E-state index in [-0.39, 0.29) is 6.03 Å². The summed E-state index contributed by atoms with van der Waals surface area (Å²) in [5.74, 6) is 5.38.